The summed E-state index contributed by atoms with van der Waals surface area (Å²) in [5.41, 5.74) is 3.24. The first-order valence-electron chi connectivity index (χ1n) is 7.17. The quantitative estimate of drug-likeness (QED) is 0.897. The van der Waals surface area contributed by atoms with E-state index >= 15 is 0 Å². The minimum atomic E-state index is -0.0499. The molecule has 4 heteroatoms. The smallest absolute Gasteiger partial charge is 0.0923 e. The predicted molar refractivity (Wildman–Crippen MR) is 79.6 cm³/mol. The van der Waals surface area contributed by atoms with Crippen molar-refractivity contribution in [2.45, 2.75) is 24.9 Å². The maximum Gasteiger partial charge on any atom is 0.0923 e. The Morgan fingerprint density at radius 3 is 2.65 bits per heavy atom. The molecule has 106 valence electrons. The van der Waals surface area contributed by atoms with E-state index in [4.69, 9.17) is 4.74 Å². The average molecular weight is 271 g/mol. The number of nitrogens with one attached hydrogen (secondary N) is 2. The van der Waals surface area contributed by atoms with Crippen LogP contribution in [0.5, 0.6) is 0 Å². The van der Waals surface area contributed by atoms with Crippen LogP contribution < -0.4 is 5.32 Å². The van der Waals surface area contributed by atoms with Gasteiger partial charge in [0.25, 0.3) is 0 Å². The first-order chi connectivity index (χ1) is 9.81. The highest BCUT2D eigenvalue weighted by Gasteiger charge is 2.32. The third-order valence-electron chi connectivity index (χ3n) is 4.16. The van der Waals surface area contributed by atoms with Gasteiger partial charge in [-0.2, -0.15) is 5.10 Å². The normalized spacial score (nSPS) is 18.1. The van der Waals surface area contributed by atoms with E-state index in [-0.39, 0.29) is 5.60 Å². The van der Waals surface area contributed by atoms with Gasteiger partial charge in [0.15, 0.2) is 0 Å². The Balaban J connectivity index is 1.77. The minimum Gasteiger partial charge on any atom is -0.378 e. The summed E-state index contributed by atoms with van der Waals surface area (Å²) in [6, 6.07) is 12.4. The molecule has 2 heterocycles. The van der Waals surface area contributed by atoms with Gasteiger partial charge >= 0.3 is 0 Å². The zero-order chi connectivity index (χ0) is 13.8. The third-order valence-corrected chi connectivity index (χ3v) is 4.16. The van der Waals surface area contributed by atoms with Crippen LogP contribution in [0.4, 0.5) is 0 Å². The van der Waals surface area contributed by atoms with Gasteiger partial charge in [-0.15, -0.1) is 0 Å². The molecule has 1 saturated heterocycles. The zero-order valence-corrected chi connectivity index (χ0v) is 11.9. The Bertz CT molecular complexity index is 544. The Kier molecular flexibility index (Phi) is 3.85. The highest BCUT2D eigenvalue weighted by molar-refractivity contribution is 5.58. The van der Waals surface area contributed by atoms with Crippen molar-refractivity contribution in [3.05, 3.63) is 42.1 Å². The Labute approximate surface area is 119 Å². The van der Waals surface area contributed by atoms with Gasteiger partial charge in [-0.3, -0.25) is 5.10 Å². The molecule has 0 spiro atoms. The molecular formula is C16H21N3O. The van der Waals surface area contributed by atoms with Gasteiger partial charge in [-0.25, -0.2) is 0 Å². The predicted octanol–water partition coefficient (Wildman–Crippen LogP) is 2.39. The lowest BCUT2D eigenvalue weighted by atomic mass is 9.87. The molecule has 0 saturated carbocycles. The number of aromatic nitrogens is 2. The molecule has 0 unspecified atom stereocenters. The monoisotopic (exact) mass is 271 g/mol. The molecule has 2 N–H and O–H groups in total. The number of hydrogen-bond acceptors (Lipinski definition) is 3. The summed E-state index contributed by atoms with van der Waals surface area (Å²) in [6.07, 6.45) is 2.98. The van der Waals surface area contributed by atoms with E-state index in [1.807, 2.05) is 25.3 Å². The van der Waals surface area contributed by atoms with E-state index in [1.165, 1.54) is 0 Å². The van der Waals surface area contributed by atoms with Crippen LogP contribution in [0.15, 0.2) is 36.4 Å². The summed E-state index contributed by atoms with van der Waals surface area (Å²) in [6.45, 7) is 2.04. The van der Waals surface area contributed by atoms with Crippen molar-refractivity contribution < 1.29 is 4.74 Å². The largest absolute Gasteiger partial charge is 0.378 e. The van der Waals surface area contributed by atoms with E-state index in [1.54, 1.807) is 0 Å². The second-order valence-corrected chi connectivity index (χ2v) is 5.46. The van der Waals surface area contributed by atoms with Crippen molar-refractivity contribution in [2.75, 3.05) is 20.2 Å². The molecule has 1 aromatic carbocycles. The maximum absolute atomic E-state index is 5.81. The van der Waals surface area contributed by atoms with Gasteiger partial charge in [0.2, 0.25) is 0 Å². The highest BCUT2D eigenvalue weighted by atomic mass is 16.5. The van der Waals surface area contributed by atoms with Crippen molar-refractivity contribution in [3.63, 3.8) is 0 Å². The van der Waals surface area contributed by atoms with E-state index < -0.39 is 0 Å². The van der Waals surface area contributed by atoms with Gasteiger partial charge in [0.05, 0.1) is 11.3 Å². The van der Waals surface area contributed by atoms with E-state index in [2.05, 4.69) is 33.7 Å². The highest BCUT2D eigenvalue weighted by Crippen LogP contribution is 2.27. The lowest BCUT2D eigenvalue weighted by Crippen LogP contribution is -2.45. The summed E-state index contributed by atoms with van der Waals surface area (Å²) in [5.74, 6) is 0. The van der Waals surface area contributed by atoms with Gasteiger partial charge < -0.3 is 10.1 Å². The summed E-state index contributed by atoms with van der Waals surface area (Å²) in [5, 5.41) is 11.0. The van der Waals surface area contributed by atoms with E-state index in [0.717, 1.165) is 49.3 Å². The number of benzene rings is 1. The number of piperidine rings is 1. The van der Waals surface area contributed by atoms with Crippen LogP contribution in [0.1, 0.15) is 18.5 Å². The lowest BCUT2D eigenvalue weighted by Gasteiger charge is -2.36. The summed E-state index contributed by atoms with van der Waals surface area (Å²) >= 11 is 0. The van der Waals surface area contributed by atoms with Crippen molar-refractivity contribution in [3.8, 4) is 11.3 Å². The minimum absolute atomic E-state index is 0.0499. The Hall–Kier alpha value is -1.65. The van der Waals surface area contributed by atoms with Crippen LogP contribution in [-0.2, 0) is 11.2 Å². The average Bonchev–Trinajstić information content (AvgIpc) is 2.97. The van der Waals surface area contributed by atoms with Crippen LogP contribution in [0.2, 0.25) is 0 Å². The van der Waals surface area contributed by atoms with Gasteiger partial charge in [0.1, 0.15) is 0 Å². The van der Waals surface area contributed by atoms with Crippen molar-refractivity contribution in [2.24, 2.45) is 0 Å². The number of rotatable bonds is 4. The van der Waals surface area contributed by atoms with Crippen LogP contribution in [0.25, 0.3) is 11.3 Å². The van der Waals surface area contributed by atoms with Gasteiger partial charge in [-0.1, -0.05) is 30.3 Å². The standard InChI is InChI=1S/C16H21N3O/c1-20-16(7-9-17-10-8-16)12-14-11-15(19-18-14)13-5-3-2-4-6-13/h2-6,11,17H,7-10,12H2,1H3,(H,18,19). The zero-order valence-electron chi connectivity index (χ0n) is 11.9. The van der Waals surface area contributed by atoms with E-state index in [9.17, 15) is 0 Å². The molecule has 0 atom stereocenters. The molecule has 0 amide bonds. The number of nitrogens with zero attached hydrogens (tertiary/aromatic N) is 1. The molecule has 3 rings (SSSR count). The van der Waals surface area contributed by atoms with Crippen molar-refractivity contribution in [1.29, 1.82) is 0 Å². The summed E-state index contributed by atoms with van der Waals surface area (Å²) < 4.78 is 5.81. The molecule has 0 bridgehead atoms. The summed E-state index contributed by atoms with van der Waals surface area (Å²) in [7, 11) is 1.82. The molecular weight excluding hydrogens is 250 g/mol. The second kappa shape index (κ2) is 5.77. The third kappa shape index (κ3) is 2.76. The van der Waals surface area contributed by atoms with E-state index in [0.29, 0.717) is 0 Å². The fraction of sp³-hybridized carbons (Fsp3) is 0.438. The lowest BCUT2D eigenvalue weighted by molar-refractivity contribution is -0.0340. The number of hydrogen-bond donors (Lipinski definition) is 2. The Morgan fingerprint density at radius 1 is 1.20 bits per heavy atom. The Morgan fingerprint density at radius 2 is 1.95 bits per heavy atom. The second-order valence-electron chi connectivity index (χ2n) is 5.46. The number of methoxy groups -OCH3 is 1. The van der Waals surface area contributed by atoms with Crippen LogP contribution in [-0.4, -0.2) is 36.0 Å². The van der Waals surface area contributed by atoms with Gasteiger partial charge in [-0.05, 0) is 32.0 Å². The molecule has 1 aromatic heterocycles. The topological polar surface area (TPSA) is 49.9 Å². The molecule has 0 aliphatic carbocycles. The molecule has 20 heavy (non-hydrogen) atoms. The van der Waals surface area contributed by atoms with Crippen LogP contribution in [0.3, 0.4) is 0 Å². The summed E-state index contributed by atoms with van der Waals surface area (Å²) in [4.78, 5) is 0. The SMILES string of the molecule is COC1(Cc2cc(-c3ccccc3)n[nH]2)CCNCC1. The molecule has 2 aromatic rings. The first kappa shape index (κ1) is 13.3. The van der Waals surface area contributed by atoms with Crippen molar-refractivity contribution in [1.82, 2.24) is 15.5 Å². The number of aromatic amines is 1. The molecule has 0 radical (unpaired) electrons. The number of ether oxygens (including phenoxy) is 1. The van der Waals surface area contributed by atoms with Crippen molar-refractivity contribution >= 4 is 0 Å². The molecule has 1 aliphatic rings. The van der Waals surface area contributed by atoms with Crippen LogP contribution >= 0.6 is 0 Å². The first-order valence-corrected chi connectivity index (χ1v) is 7.17. The maximum atomic E-state index is 5.81. The molecule has 4 nitrogen and oxygen atoms in total. The van der Waals surface area contributed by atoms with Crippen LogP contribution in [0, 0.1) is 0 Å². The fourth-order valence-electron chi connectivity index (χ4n) is 2.89. The molecule has 1 aliphatic heterocycles. The van der Waals surface area contributed by atoms with Gasteiger partial charge in [0, 0.05) is 24.8 Å². The number of H-pyrrole nitrogens is 1. The fourth-order valence-corrected chi connectivity index (χ4v) is 2.89. The molecule has 1 fully saturated rings.